The van der Waals surface area contributed by atoms with Crippen molar-refractivity contribution < 1.29 is 0 Å². The van der Waals surface area contributed by atoms with Gasteiger partial charge in [-0.2, -0.15) is 5.10 Å². The van der Waals surface area contributed by atoms with Gasteiger partial charge in [-0.1, -0.05) is 6.07 Å². The summed E-state index contributed by atoms with van der Waals surface area (Å²) in [6.45, 7) is 2.39. The fourth-order valence-electron chi connectivity index (χ4n) is 1.73. The van der Waals surface area contributed by atoms with Crippen LogP contribution >= 0.6 is 31.9 Å². The van der Waals surface area contributed by atoms with Gasteiger partial charge in [-0.3, -0.25) is 14.3 Å². The number of aromatic nitrogens is 2. The Labute approximate surface area is 143 Å². The Hall–Kier alpha value is -1.67. The topological polar surface area (TPSA) is 70.5 Å². The number of H-pyrrole nitrogens is 1. The minimum atomic E-state index is -0.470. The zero-order valence-corrected chi connectivity index (χ0v) is 15.2. The Kier molecular flexibility index (Phi) is 5.36. The van der Waals surface area contributed by atoms with Gasteiger partial charge in [-0.05, 0) is 56.5 Å². The maximum absolute atomic E-state index is 11.7. The van der Waals surface area contributed by atoms with E-state index >= 15 is 0 Å². The smallest absolute Gasteiger partial charge is 0.292 e. The number of hydrazone groups is 1. The van der Waals surface area contributed by atoms with Gasteiger partial charge >= 0.3 is 5.69 Å². The second-order valence-electron chi connectivity index (χ2n) is 4.49. The fraction of sp³-hybridized carbons (Fsp3) is 0.214. The molecular weight excluding hydrogens is 416 g/mol. The summed E-state index contributed by atoms with van der Waals surface area (Å²) in [6, 6.07) is 7.06. The van der Waals surface area contributed by atoms with Crippen molar-refractivity contribution in [3.8, 4) is 0 Å². The first-order chi connectivity index (χ1) is 10.4. The van der Waals surface area contributed by atoms with Crippen molar-refractivity contribution in [3.63, 3.8) is 0 Å². The molecule has 0 amide bonds. The summed E-state index contributed by atoms with van der Waals surface area (Å²) < 4.78 is 2.88. The molecule has 2 rings (SSSR count). The number of hydrogen-bond acceptors (Lipinski definition) is 4. The molecule has 0 aliphatic carbocycles. The van der Waals surface area contributed by atoms with Gasteiger partial charge in [0, 0.05) is 28.6 Å². The maximum atomic E-state index is 11.7. The third-order valence-corrected chi connectivity index (χ3v) is 4.88. The van der Waals surface area contributed by atoms with Crippen LogP contribution in [0.4, 0.5) is 5.82 Å². The van der Waals surface area contributed by atoms with Crippen LogP contribution in [0.25, 0.3) is 0 Å². The van der Waals surface area contributed by atoms with Crippen LogP contribution < -0.4 is 16.3 Å². The molecule has 0 fully saturated rings. The summed E-state index contributed by atoms with van der Waals surface area (Å²) in [5, 5.41) is 5.87. The SMILES string of the molecule is CCN(N=Cc1ccc(Br)c(Br)c1)c1cc(=O)n(C)c(=O)[nH]1. The molecule has 0 radical (unpaired) electrons. The molecule has 1 heterocycles. The van der Waals surface area contributed by atoms with Gasteiger partial charge < -0.3 is 0 Å². The Morgan fingerprint density at radius 3 is 2.59 bits per heavy atom. The first-order valence-electron chi connectivity index (χ1n) is 6.49. The third-order valence-electron chi connectivity index (χ3n) is 3.00. The fourth-order valence-corrected chi connectivity index (χ4v) is 2.37. The highest BCUT2D eigenvalue weighted by Gasteiger charge is 2.07. The zero-order valence-electron chi connectivity index (χ0n) is 12.0. The summed E-state index contributed by atoms with van der Waals surface area (Å²) >= 11 is 6.83. The molecule has 8 heteroatoms. The average Bonchev–Trinajstić information content (AvgIpc) is 2.48. The summed E-state index contributed by atoms with van der Waals surface area (Å²) in [5.74, 6) is 0.364. The average molecular weight is 430 g/mol. The van der Waals surface area contributed by atoms with Crippen LogP contribution in [0.15, 0.2) is 47.9 Å². The Morgan fingerprint density at radius 1 is 1.27 bits per heavy atom. The molecular formula is C14H14Br2N4O2. The van der Waals surface area contributed by atoms with E-state index in [4.69, 9.17) is 0 Å². The monoisotopic (exact) mass is 428 g/mol. The van der Waals surface area contributed by atoms with Crippen molar-refractivity contribution >= 4 is 43.9 Å². The Morgan fingerprint density at radius 2 is 2.00 bits per heavy atom. The summed E-state index contributed by atoms with van der Waals surface area (Å²) in [4.78, 5) is 26.0. The second kappa shape index (κ2) is 7.06. The summed E-state index contributed by atoms with van der Waals surface area (Å²) in [5.41, 5.74) is 0.0426. The predicted octanol–water partition coefficient (Wildman–Crippen LogP) is 2.46. The van der Waals surface area contributed by atoms with Gasteiger partial charge in [-0.15, -0.1) is 0 Å². The molecule has 0 spiro atoms. The van der Waals surface area contributed by atoms with E-state index in [2.05, 4.69) is 41.9 Å². The van der Waals surface area contributed by atoms with Gasteiger partial charge in [0.05, 0.1) is 6.21 Å². The molecule has 6 nitrogen and oxygen atoms in total. The first kappa shape index (κ1) is 16.7. The summed E-state index contributed by atoms with van der Waals surface area (Å²) in [6.07, 6.45) is 1.66. The Bertz CT molecular complexity index is 795. The van der Waals surface area contributed by atoms with Crippen LogP contribution in [0.5, 0.6) is 0 Å². The lowest BCUT2D eigenvalue weighted by Gasteiger charge is -2.16. The minimum Gasteiger partial charge on any atom is -0.292 e. The second-order valence-corrected chi connectivity index (χ2v) is 6.20. The lowest BCUT2D eigenvalue weighted by Crippen LogP contribution is -2.34. The number of aromatic amines is 1. The van der Waals surface area contributed by atoms with E-state index in [1.807, 2.05) is 25.1 Å². The number of anilines is 1. The number of halogens is 2. The van der Waals surface area contributed by atoms with Crippen LogP contribution in [0.3, 0.4) is 0 Å². The van der Waals surface area contributed by atoms with Crippen molar-refractivity contribution in [2.75, 3.05) is 11.6 Å². The molecule has 0 bridgehead atoms. The van der Waals surface area contributed by atoms with E-state index in [0.29, 0.717) is 12.4 Å². The Balaban J connectivity index is 2.32. The largest absolute Gasteiger partial charge is 0.329 e. The van der Waals surface area contributed by atoms with Crippen molar-refractivity contribution in [1.29, 1.82) is 0 Å². The number of benzene rings is 1. The number of nitrogens with zero attached hydrogens (tertiary/aromatic N) is 3. The third kappa shape index (κ3) is 3.75. The van der Waals surface area contributed by atoms with Crippen molar-refractivity contribution in [2.45, 2.75) is 6.92 Å². The van der Waals surface area contributed by atoms with Crippen LogP contribution in [0.2, 0.25) is 0 Å². The van der Waals surface area contributed by atoms with Gasteiger partial charge in [0.25, 0.3) is 5.56 Å². The van der Waals surface area contributed by atoms with E-state index in [0.717, 1.165) is 19.1 Å². The predicted molar refractivity (Wildman–Crippen MR) is 94.8 cm³/mol. The molecule has 1 N–H and O–H groups in total. The van der Waals surface area contributed by atoms with Crippen molar-refractivity contribution in [3.05, 3.63) is 59.6 Å². The van der Waals surface area contributed by atoms with Crippen LogP contribution in [0.1, 0.15) is 12.5 Å². The van der Waals surface area contributed by atoms with E-state index in [1.165, 1.54) is 13.1 Å². The minimum absolute atomic E-state index is 0.364. The van der Waals surface area contributed by atoms with Crippen molar-refractivity contribution in [2.24, 2.45) is 12.1 Å². The maximum Gasteiger partial charge on any atom is 0.329 e. The van der Waals surface area contributed by atoms with Crippen LogP contribution in [0, 0.1) is 0 Å². The normalized spacial score (nSPS) is 11.1. The molecule has 2 aromatic rings. The molecule has 1 aromatic carbocycles. The molecule has 1 aromatic heterocycles. The highest BCUT2D eigenvalue weighted by atomic mass is 79.9. The van der Waals surface area contributed by atoms with E-state index in [-0.39, 0.29) is 5.56 Å². The summed E-state index contributed by atoms with van der Waals surface area (Å²) in [7, 11) is 1.42. The van der Waals surface area contributed by atoms with E-state index in [9.17, 15) is 9.59 Å². The van der Waals surface area contributed by atoms with E-state index < -0.39 is 5.69 Å². The standard InChI is InChI=1S/C14H14Br2N4O2/c1-3-20(12-7-13(21)19(2)14(22)18-12)17-8-9-4-5-10(15)11(16)6-9/h4-8H,3H2,1-2H3,(H,18,22). The van der Waals surface area contributed by atoms with Gasteiger partial charge in [-0.25, -0.2) is 9.80 Å². The highest BCUT2D eigenvalue weighted by Crippen LogP contribution is 2.23. The first-order valence-corrected chi connectivity index (χ1v) is 8.08. The quantitative estimate of drug-likeness (QED) is 0.599. The number of nitrogens with one attached hydrogen (secondary N) is 1. The zero-order chi connectivity index (χ0) is 16.3. The molecule has 0 atom stereocenters. The molecule has 116 valence electrons. The molecule has 0 aliphatic rings. The van der Waals surface area contributed by atoms with Gasteiger partial charge in [0.1, 0.15) is 5.82 Å². The molecule has 22 heavy (non-hydrogen) atoms. The molecule has 0 saturated heterocycles. The lowest BCUT2D eigenvalue weighted by atomic mass is 10.2. The molecule has 0 saturated carbocycles. The van der Waals surface area contributed by atoms with Gasteiger partial charge in [0.15, 0.2) is 0 Å². The van der Waals surface area contributed by atoms with E-state index in [1.54, 1.807) is 11.2 Å². The van der Waals surface area contributed by atoms with Crippen molar-refractivity contribution in [1.82, 2.24) is 9.55 Å². The highest BCUT2D eigenvalue weighted by molar-refractivity contribution is 9.13. The number of hydrogen-bond donors (Lipinski definition) is 1. The van der Waals surface area contributed by atoms with Crippen LogP contribution in [-0.2, 0) is 7.05 Å². The lowest BCUT2D eigenvalue weighted by molar-refractivity contribution is 0.756. The van der Waals surface area contributed by atoms with Crippen LogP contribution in [-0.4, -0.2) is 22.3 Å². The molecule has 0 aliphatic heterocycles. The van der Waals surface area contributed by atoms with Gasteiger partial charge in [0.2, 0.25) is 0 Å². The molecule has 0 unspecified atom stereocenters. The number of rotatable bonds is 4.